The van der Waals surface area contributed by atoms with Crippen LogP contribution >= 0.6 is 0 Å². The molecule has 0 aromatic carbocycles. The van der Waals surface area contributed by atoms with Gasteiger partial charge in [0.25, 0.3) is 0 Å². The van der Waals surface area contributed by atoms with Crippen LogP contribution in [0.15, 0.2) is 36.5 Å². The lowest BCUT2D eigenvalue weighted by atomic mass is 10.1. The van der Waals surface area contributed by atoms with Crippen LogP contribution in [-0.2, 0) is 14.3 Å². The molecule has 0 rings (SSSR count). The molecule has 0 aliphatic rings. The van der Waals surface area contributed by atoms with E-state index in [9.17, 15) is 19.8 Å². The molecule has 0 radical (unpaired) electrons. The number of hydrogen-bond acceptors (Lipinski definition) is 5. The lowest BCUT2D eigenvalue weighted by Gasteiger charge is -2.20. The number of rotatable bonds is 42. The lowest BCUT2D eigenvalue weighted by molar-refractivity contribution is -0.143. The highest BCUT2D eigenvalue weighted by molar-refractivity contribution is 5.76. The highest BCUT2D eigenvalue weighted by Gasteiger charge is 2.18. The van der Waals surface area contributed by atoms with Gasteiger partial charge in [0.2, 0.25) is 5.91 Å². The Morgan fingerprint density at radius 2 is 0.870 bits per heavy atom. The van der Waals surface area contributed by atoms with E-state index in [1.165, 1.54) is 128 Å². The highest BCUT2D eigenvalue weighted by atomic mass is 16.5. The maximum atomic E-state index is 12.4. The number of aliphatic hydroxyl groups excluding tert-OH is 2. The van der Waals surface area contributed by atoms with Crippen LogP contribution in [0.1, 0.15) is 232 Å². The van der Waals surface area contributed by atoms with E-state index in [-0.39, 0.29) is 18.5 Å². The third kappa shape index (κ3) is 39.8. The summed E-state index contributed by atoms with van der Waals surface area (Å²) in [4.78, 5) is 24.4. The van der Waals surface area contributed by atoms with Gasteiger partial charge >= 0.3 is 5.97 Å². The normalized spacial score (nSPS) is 13.0. The predicted octanol–water partition coefficient (Wildman–Crippen LogP) is 13.3. The highest BCUT2D eigenvalue weighted by Crippen LogP contribution is 2.13. The number of ether oxygens (including phenoxy) is 1. The van der Waals surface area contributed by atoms with Gasteiger partial charge in [-0.05, 0) is 83.5 Å². The smallest absolute Gasteiger partial charge is 0.305 e. The summed E-state index contributed by atoms with van der Waals surface area (Å²) in [5.74, 6) is -0.154. The van der Waals surface area contributed by atoms with E-state index in [0.717, 1.165) is 77.0 Å². The summed E-state index contributed by atoms with van der Waals surface area (Å²) >= 11 is 0. The molecular weight excluding hydrogens is 671 g/mol. The zero-order chi connectivity index (χ0) is 39.4. The summed E-state index contributed by atoms with van der Waals surface area (Å²) in [5, 5.41) is 22.9. The Morgan fingerprint density at radius 1 is 0.500 bits per heavy atom. The molecule has 0 fully saturated rings. The molecule has 0 aromatic heterocycles. The van der Waals surface area contributed by atoms with Gasteiger partial charge in [0, 0.05) is 12.8 Å². The van der Waals surface area contributed by atoms with Gasteiger partial charge < -0.3 is 20.3 Å². The average molecular weight is 760 g/mol. The molecule has 0 saturated heterocycles. The minimum atomic E-state index is -0.865. The number of esters is 1. The Labute approximate surface area is 334 Å². The van der Waals surface area contributed by atoms with Gasteiger partial charge in [-0.2, -0.15) is 0 Å². The largest absolute Gasteiger partial charge is 0.466 e. The number of amides is 1. The molecule has 1 amide bonds. The molecule has 0 aliphatic carbocycles. The minimum Gasteiger partial charge on any atom is -0.466 e. The Hall–Kier alpha value is -1.92. The number of carbonyl (C=O) groups is 2. The maximum Gasteiger partial charge on any atom is 0.305 e. The fraction of sp³-hybridized carbons (Fsp3) is 0.833. The second-order valence-corrected chi connectivity index (χ2v) is 15.7. The first-order chi connectivity index (χ1) is 26.5. The summed E-state index contributed by atoms with van der Waals surface area (Å²) in [6.07, 6.45) is 51.3. The Morgan fingerprint density at radius 3 is 1.31 bits per heavy atom. The Balaban J connectivity index is 3.58. The lowest BCUT2D eigenvalue weighted by Crippen LogP contribution is -2.45. The average Bonchev–Trinajstić information content (AvgIpc) is 3.17. The minimum absolute atomic E-state index is 0.0476. The van der Waals surface area contributed by atoms with Gasteiger partial charge in [0.1, 0.15) is 0 Å². The van der Waals surface area contributed by atoms with Crippen molar-refractivity contribution in [3.8, 4) is 0 Å². The van der Waals surface area contributed by atoms with Crippen LogP contribution in [0.25, 0.3) is 0 Å². The van der Waals surface area contributed by atoms with Crippen molar-refractivity contribution in [2.75, 3.05) is 13.2 Å². The van der Waals surface area contributed by atoms with E-state index in [1.807, 2.05) is 6.08 Å². The Kier molecular flexibility index (Phi) is 42.2. The predicted molar refractivity (Wildman–Crippen MR) is 232 cm³/mol. The van der Waals surface area contributed by atoms with Gasteiger partial charge in [-0.1, -0.05) is 172 Å². The number of aliphatic hydroxyl groups is 2. The molecule has 2 atom stereocenters. The van der Waals surface area contributed by atoms with Crippen molar-refractivity contribution in [3.63, 3.8) is 0 Å². The standard InChI is InChI=1S/C48H89NO5/c1-3-5-7-9-11-13-15-17-18-19-21-26-30-34-38-42-48(53)54-43-39-35-31-27-23-22-25-29-33-37-41-47(52)49-45(44-50)46(51)40-36-32-28-24-20-16-14-12-10-8-6-4-2/h17-18,23,27,36,40,45-46,50-51H,3-16,19-22,24-26,28-35,37-39,41-44H2,1-2H3,(H,49,52)/b18-17-,27-23-,40-36+. The van der Waals surface area contributed by atoms with Crippen molar-refractivity contribution in [2.24, 2.45) is 0 Å². The molecule has 0 saturated carbocycles. The number of carbonyl (C=O) groups excluding carboxylic acids is 2. The van der Waals surface area contributed by atoms with E-state index < -0.39 is 12.1 Å². The van der Waals surface area contributed by atoms with E-state index in [4.69, 9.17) is 4.74 Å². The topological polar surface area (TPSA) is 95.9 Å². The van der Waals surface area contributed by atoms with Gasteiger partial charge in [-0.15, -0.1) is 0 Å². The zero-order valence-corrected chi connectivity index (χ0v) is 35.7. The van der Waals surface area contributed by atoms with E-state index in [2.05, 4.69) is 43.5 Å². The molecule has 0 aromatic rings. The molecule has 2 unspecified atom stereocenters. The van der Waals surface area contributed by atoms with Crippen LogP contribution in [0.2, 0.25) is 0 Å². The first-order valence-electron chi connectivity index (χ1n) is 23.3. The van der Waals surface area contributed by atoms with Gasteiger partial charge in [0.15, 0.2) is 0 Å². The molecule has 3 N–H and O–H groups in total. The van der Waals surface area contributed by atoms with Crippen LogP contribution in [0, 0.1) is 0 Å². The van der Waals surface area contributed by atoms with Gasteiger partial charge in [-0.25, -0.2) is 0 Å². The van der Waals surface area contributed by atoms with Crippen molar-refractivity contribution in [1.29, 1.82) is 0 Å². The van der Waals surface area contributed by atoms with Crippen LogP contribution in [0.5, 0.6) is 0 Å². The van der Waals surface area contributed by atoms with Crippen LogP contribution in [-0.4, -0.2) is 47.4 Å². The van der Waals surface area contributed by atoms with Crippen molar-refractivity contribution in [2.45, 2.75) is 244 Å². The van der Waals surface area contributed by atoms with E-state index in [0.29, 0.717) is 19.4 Å². The summed E-state index contributed by atoms with van der Waals surface area (Å²) in [7, 11) is 0. The molecule has 0 bridgehead atoms. The molecule has 6 nitrogen and oxygen atoms in total. The summed E-state index contributed by atoms with van der Waals surface area (Å²) in [6, 6.07) is -0.652. The number of unbranched alkanes of at least 4 members (excludes halogenated alkanes) is 27. The van der Waals surface area contributed by atoms with Crippen molar-refractivity contribution in [1.82, 2.24) is 5.32 Å². The zero-order valence-electron chi connectivity index (χ0n) is 35.7. The van der Waals surface area contributed by atoms with Crippen LogP contribution < -0.4 is 5.32 Å². The fourth-order valence-corrected chi connectivity index (χ4v) is 6.74. The fourth-order valence-electron chi connectivity index (χ4n) is 6.74. The second-order valence-electron chi connectivity index (χ2n) is 15.7. The molecule has 0 heterocycles. The third-order valence-electron chi connectivity index (χ3n) is 10.4. The number of hydrogen-bond donors (Lipinski definition) is 3. The van der Waals surface area contributed by atoms with E-state index >= 15 is 0 Å². The first kappa shape index (κ1) is 52.1. The Bertz CT molecular complexity index is 884. The van der Waals surface area contributed by atoms with Crippen LogP contribution in [0.4, 0.5) is 0 Å². The van der Waals surface area contributed by atoms with Crippen molar-refractivity contribution < 1.29 is 24.5 Å². The number of nitrogens with one attached hydrogen (secondary N) is 1. The number of allylic oxidation sites excluding steroid dienone is 5. The molecule has 6 heteroatoms. The van der Waals surface area contributed by atoms with Crippen molar-refractivity contribution in [3.05, 3.63) is 36.5 Å². The van der Waals surface area contributed by atoms with Gasteiger partial charge in [-0.3, -0.25) is 9.59 Å². The van der Waals surface area contributed by atoms with Crippen LogP contribution in [0.3, 0.4) is 0 Å². The second kappa shape index (κ2) is 43.8. The quantitative estimate of drug-likeness (QED) is 0.0327. The van der Waals surface area contributed by atoms with Crippen molar-refractivity contribution >= 4 is 11.9 Å². The summed E-state index contributed by atoms with van der Waals surface area (Å²) in [5.41, 5.74) is 0. The van der Waals surface area contributed by atoms with E-state index in [1.54, 1.807) is 6.08 Å². The molecule has 0 aliphatic heterocycles. The SMILES string of the molecule is CCCCCCCC/C=C\CCCCCCCC(=O)OCCCC/C=C\CCCCCCC(=O)NC(CO)C(O)/C=C/CCCCCCCCCCCC. The monoisotopic (exact) mass is 760 g/mol. The molecule has 316 valence electrons. The summed E-state index contributed by atoms with van der Waals surface area (Å²) < 4.78 is 5.42. The molecule has 0 spiro atoms. The summed E-state index contributed by atoms with van der Waals surface area (Å²) in [6.45, 7) is 4.78. The third-order valence-corrected chi connectivity index (χ3v) is 10.4. The van der Waals surface area contributed by atoms with Gasteiger partial charge in [0.05, 0.1) is 25.4 Å². The molecular formula is C48H89NO5. The first-order valence-corrected chi connectivity index (χ1v) is 23.3. The molecule has 54 heavy (non-hydrogen) atoms. The maximum absolute atomic E-state index is 12.4.